The van der Waals surface area contributed by atoms with E-state index < -0.39 is 29.5 Å². The van der Waals surface area contributed by atoms with E-state index in [9.17, 15) is 14.0 Å². The van der Waals surface area contributed by atoms with Crippen molar-refractivity contribution in [2.75, 3.05) is 4.90 Å². The van der Waals surface area contributed by atoms with Crippen LogP contribution >= 0.6 is 0 Å². The minimum atomic E-state index is -0.968. The molecule has 3 aromatic carbocycles. The number of carbonyl (C=O) groups excluding carboxylic acids is 2. The number of anilines is 1. The van der Waals surface area contributed by atoms with E-state index in [1.165, 1.54) is 28.0 Å². The lowest BCUT2D eigenvalue weighted by Gasteiger charge is -2.53. The summed E-state index contributed by atoms with van der Waals surface area (Å²) in [5, 5.41) is 0. The average molecular weight is 416 g/mol. The van der Waals surface area contributed by atoms with Crippen LogP contribution in [0.5, 0.6) is 5.75 Å². The summed E-state index contributed by atoms with van der Waals surface area (Å²) in [6, 6.07) is 19.3. The Labute approximate surface area is 179 Å². The van der Waals surface area contributed by atoms with Gasteiger partial charge in [0.15, 0.2) is 5.72 Å². The van der Waals surface area contributed by atoms with Crippen LogP contribution in [0.25, 0.3) is 0 Å². The molecule has 6 heteroatoms. The van der Waals surface area contributed by atoms with E-state index in [1.54, 1.807) is 0 Å². The topological polar surface area (TPSA) is 49.9 Å². The molecule has 3 aromatic rings. The lowest BCUT2D eigenvalue weighted by atomic mass is 9.88. The lowest BCUT2D eigenvalue weighted by molar-refractivity contribution is 0.00266. The Kier molecular flexibility index (Phi) is 4.32. The number of aryl methyl sites for hydroxylation is 1. The van der Waals surface area contributed by atoms with Gasteiger partial charge >= 0.3 is 6.03 Å². The molecule has 2 unspecified atom stereocenters. The molecule has 0 aromatic heterocycles. The maximum absolute atomic E-state index is 13.8. The SMILES string of the molecule is Cc1ccc(N2C(=O)N(C(=O)c3cccc(F)c3)C3CC2(C)Oc2ccccc23)cc1. The maximum atomic E-state index is 13.8. The fourth-order valence-corrected chi connectivity index (χ4v) is 4.47. The van der Waals surface area contributed by atoms with Gasteiger partial charge in [-0.2, -0.15) is 0 Å². The molecule has 2 aliphatic heterocycles. The van der Waals surface area contributed by atoms with E-state index in [0.717, 1.165) is 17.2 Å². The molecule has 0 N–H and O–H groups in total. The standard InChI is InChI=1S/C25H21FN2O3/c1-16-10-12-19(13-11-16)28-24(30)27(23(29)17-6-5-7-18(26)14-17)21-15-25(28,2)31-22-9-4-3-8-20(21)22/h3-14,21H,15H2,1-2H3. The van der Waals surface area contributed by atoms with Crippen LogP contribution in [0, 0.1) is 12.7 Å². The predicted molar refractivity (Wildman–Crippen MR) is 114 cm³/mol. The van der Waals surface area contributed by atoms with Gasteiger partial charge in [0.25, 0.3) is 5.91 Å². The van der Waals surface area contributed by atoms with Crippen molar-refractivity contribution in [3.63, 3.8) is 0 Å². The number of benzene rings is 3. The van der Waals surface area contributed by atoms with E-state index in [-0.39, 0.29) is 5.56 Å². The zero-order chi connectivity index (χ0) is 21.8. The smallest absolute Gasteiger partial charge is 0.335 e. The van der Waals surface area contributed by atoms with Gasteiger partial charge in [-0.25, -0.2) is 9.18 Å². The van der Waals surface area contributed by atoms with Gasteiger partial charge in [-0.1, -0.05) is 42.0 Å². The second-order valence-corrected chi connectivity index (χ2v) is 8.17. The summed E-state index contributed by atoms with van der Waals surface area (Å²) in [7, 11) is 0. The van der Waals surface area contributed by atoms with Gasteiger partial charge < -0.3 is 4.74 Å². The molecule has 5 rings (SSSR count). The molecular weight excluding hydrogens is 395 g/mol. The first-order chi connectivity index (χ1) is 14.9. The molecule has 0 aliphatic carbocycles. The molecular formula is C25H21FN2O3. The van der Waals surface area contributed by atoms with Gasteiger partial charge in [0.05, 0.1) is 6.04 Å². The van der Waals surface area contributed by atoms with Gasteiger partial charge in [-0.15, -0.1) is 0 Å². The van der Waals surface area contributed by atoms with Gasteiger partial charge in [-0.05, 0) is 50.2 Å². The molecule has 3 amide bonds. The summed E-state index contributed by atoms with van der Waals surface area (Å²) >= 11 is 0. The van der Waals surface area contributed by atoms with E-state index in [2.05, 4.69) is 0 Å². The number of amides is 3. The Morgan fingerprint density at radius 2 is 1.81 bits per heavy atom. The molecule has 0 saturated carbocycles. The summed E-state index contributed by atoms with van der Waals surface area (Å²) in [6.45, 7) is 3.82. The Bertz CT molecular complexity index is 1190. The fourth-order valence-electron chi connectivity index (χ4n) is 4.47. The van der Waals surface area contributed by atoms with Crippen LogP contribution in [0.15, 0.2) is 72.8 Å². The summed E-state index contributed by atoms with van der Waals surface area (Å²) in [6.07, 6.45) is 0.394. The number of ether oxygens (including phenoxy) is 1. The second kappa shape index (κ2) is 6.94. The van der Waals surface area contributed by atoms with E-state index in [1.807, 2.05) is 62.4 Å². The number of para-hydroxylation sites is 1. The lowest BCUT2D eigenvalue weighted by Crippen LogP contribution is -2.67. The van der Waals surface area contributed by atoms with Crippen molar-refractivity contribution < 1.29 is 18.7 Å². The predicted octanol–water partition coefficient (Wildman–Crippen LogP) is 5.46. The minimum Gasteiger partial charge on any atom is -0.467 e. The van der Waals surface area contributed by atoms with Gasteiger partial charge in [0.2, 0.25) is 0 Å². The molecule has 1 fully saturated rings. The third-order valence-electron chi connectivity index (χ3n) is 5.94. The Morgan fingerprint density at radius 1 is 1.06 bits per heavy atom. The number of hydrogen-bond acceptors (Lipinski definition) is 3. The van der Waals surface area contributed by atoms with Crippen LogP contribution in [0.2, 0.25) is 0 Å². The summed E-state index contributed by atoms with van der Waals surface area (Å²) in [5.41, 5.74) is 1.61. The highest BCUT2D eigenvalue weighted by Gasteiger charge is 2.55. The number of nitrogens with zero attached hydrogens (tertiary/aromatic N) is 2. The van der Waals surface area contributed by atoms with Crippen molar-refractivity contribution in [2.45, 2.75) is 32.0 Å². The number of hydrogen-bond donors (Lipinski definition) is 0. The van der Waals surface area contributed by atoms with Crippen LogP contribution in [0.1, 0.15) is 40.9 Å². The molecule has 156 valence electrons. The van der Waals surface area contributed by atoms with Crippen LogP contribution in [-0.2, 0) is 0 Å². The number of urea groups is 1. The minimum absolute atomic E-state index is 0.129. The number of halogens is 1. The highest BCUT2D eigenvalue weighted by atomic mass is 19.1. The van der Waals surface area contributed by atoms with Crippen molar-refractivity contribution in [2.24, 2.45) is 0 Å². The van der Waals surface area contributed by atoms with Gasteiger partial charge in [0.1, 0.15) is 11.6 Å². The zero-order valence-corrected chi connectivity index (χ0v) is 17.2. The molecule has 0 spiro atoms. The number of imide groups is 1. The zero-order valence-electron chi connectivity index (χ0n) is 17.2. The first-order valence-corrected chi connectivity index (χ1v) is 10.2. The monoisotopic (exact) mass is 416 g/mol. The maximum Gasteiger partial charge on any atom is 0.335 e. The third-order valence-corrected chi connectivity index (χ3v) is 5.94. The number of fused-ring (bicyclic) bond motifs is 4. The Balaban J connectivity index is 1.67. The molecule has 5 nitrogen and oxygen atoms in total. The van der Waals surface area contributed by atoms with Crippen molar-refractivity contribution in [1.82, 2.24) is 4.90 Å². The van der Waals surface area contributed by atoms with E-state index in [0.29, 0.717) is 17.9 Å². The summed E-state index contributed by atoms with van der Waals surface area (Å²) < 4.78 is 20.2. The summed E-state index contributed by atoms with van der Waals surface area (Å²) in [5.74, 6) is -0.434. The first-order valence-electron chi connectivity index (χ1n) is 10.2. The van der Waals surface area contributed by atoms with Crippen molar-refractivity contribution >= 4 is 17.6 Å². The molecule has 2 atom stereocenters. The number of carbonyl (C=O) groups is 2. The largest absolute Gasteiger partial charge is 0.467 e. The first kappa shape index (κ1) is 19.3. The molecule has 2 aliphatic rings. The molecule has 31 heavy (non-hydrogen) atoms. The van der Waals surface area contributed by atoms with Gasteiger partial charge in [0, 0.05) is 23.2 Å². The molecule has 2 bridgehead atoms. The fraction of sp³-hybridized carbons (Fsp3) is 0.200. The average Bonchev–Trinajstić information content (AvgIpc) is 2.74. The highest BCUT2D eigenvalue weighted by molar-refractivity contribution is 6.10. The Hall–Kier alpha value is -3.67. The summed E-state index contributed by atoms with van der Waals surface area (Å²) in [4.78, 5) is 30.0. The van der Waals surface area contributed by atoms with Crippen LogP contribution in [0.4, 0.5) is 14.9 Å². The molecule has 0 radical (unpaired) electrons. The molecule has 2 heterocycles. The van der Waals surface area contributed by atoms with Gasteiger partial charge in [-0.3, -0.25) is 14.6 Å². The molecule has 1 saturated heterocycles. The normalized spacial score (nSPS) is 22.0. The highest BCUT2D eigenvalue weighted by Crippen LogP contribution is 2.49. The second-order valence-electron chi connectivity index (χ2n) is 8.17. The number of rotatable bonds is 2. The van der Waals surface area contributed by atoms with E-state index in [4.69, 9.17) is 4.74 Å². The van der Waals surface area contributed by atoms with Crippen LogP contribution < -0.4 is 9.64 Å². The van der Waals surface area contributed by atoms with Crippen molar-refractivity contribution in [3.8, 4) is 5.75 Å². The van der Waals surface area contributed by atoms with Crippen molar-refractivity contribution in [3.05, 3.63) is 95.3 Å². The Morgan fingerprint density at radius 3 is 2.55 bits per heavy atom. The van der Waals surface area contributed by atoms with Crippen molar-refractivity contribution in [1.29, 1.82) is 0 Å². The third kappa shape index (κ3) is 3.06. The quantitative estimate of drug-likeness (QED) is 0.558. The van der Waals surface area contributed by atoms with E-state index >= 15 is 0 Å². The van der Waals surface area contributed by atoms with Crippen LogP contribution in [-0.4, -0.2) is 22.6 Å². The van der Waals surface area contributed by atoms with Crippen LogP contribution in [0.3, 0.4) is 0 Å².